The molecule has 2 aromatic heterocycles. The van der Waals surface area contributed by atoms with Crippen molar-refractivity contribution < 1.29 is 9.21 Å². The molecule has 0 radical (unpaired) electrons. The van der Waals surface area contributed by atoms with E-state index in [1.54, 1.807) is 0 Å². The van der Waals surface area contributed by atoms with Gasteiger partial charge in [0.2, 0.25) is 11.8 Å². The number of anilines is 1. The minimum atomic E-state index is -0.143. The van der Waals surface area contributed by atoms with E-state index in [0.29, 0.717) is 11.1 Å². The first kappa shape index (κ1) is 17.2. The Bertz CT molecular complexity index is 1100. The summed E-state index contributed by atoms with van der Waals surface area (Å²) >= 11 is 1.20. The maximum Gasteiger partial charge on any atom is 0.277 e. The fraction of sp³-hybridized carbons (Fsp3) is 0.100. The molecular formula is C20H16N4O2S. The van der Waals surface area contributed by atoms with E-state index >= 15 is 0 Å². The van der Waals surface area contributed by atoms with Crippen LogP contribution < -0.4 is 5.32 Å². The minimum Gasteiger partial charge on any atom is -0.411 e. The predicted octanol–water partition coefficient (Wildman–Crippen LogP) is 4.32. The van der Waals surface area contributed by atoms with E-state index in [0.717, 1.165) is 27.8 Å². The lowest BCUT2D eigenvalue weighted by Gasteiger charge is -2.09. The van der Waals surface area contributed by atoms with Crippen molar-refractivity contribution in [1.82, 2.24) is 15.2 Å². The van der Waals surface area contributed by atoms with Crippen LogP contribution in [-0.4, -0.2) is 26.8 Å². The summed E-state index contributed by atoms with van der Waals surface area (Å²) in [7, 11) is 0. The van der Waals surface area contributed by atoms with Gasteiger partial charge in [0, 0.05) is 16.6 Å². The highest BCUT2D eigenvalue weighted by Gasteiger charge is 2.12. The second-order valence-electron chi connectivity index (χ2n) is 5.90. The summed E-state index contributed by atoms with van der Waals surface area (Å²) in [6, 6.07) is 19.1. The summed E-state index contributed by atoms with van der Waals surface area (Å²) in [5.41, 5.74) is 3.30. The highest BCUT2D eigenvalue weighted by molar-refractivity contribution is 7.99. The molecule has 4 rings (SSSR count). The van der Waals surface area contributed by atoms with Crippen molar-refractivity contribution >= 4 is 34.3 Å². The molecule has 2 heterocycles. The lowest BCUT2D eigenvalue weighted by molar-refractivity contribution is -0.113. The van der Waals surface area contributed by atoms with Crippen LogP contribution in [0.25, 0.3) is 22.4 Å². The third-order valence-corrected chi connectivity index (χ3v) is 4.69. The molecule has 0 saturated carbocycles. The van der Waals surface area contributed by atoms with Crippen molar-refractivity contribution in [1.29, 1.82) is 0 Å². The monoisotopic (exact) mass is 376 g/mol. The van der Waals surface area contributed by atoms with Crippen LogP contribution in [0.4, 0.5) is 5.69 Å². The molecule has 27 heavy (non-hydrogen) atoms. The maximum absolute atomic E-state index is 12.4. The first-order chi connectivity index (χ1) is 13.2. The van der Waals surface area contributed by atoms with E-state index < -0.39 is 0 Å². The topological polar surface area (TPSA) is 80.9 Å². The van der Waals surface area contributed by atoms with Crippen LogP contribution in [-0.2, 0) is 4.79 Å². The molecule has 0 spiro atoms. The molecule has 0 fully saturated rings. The number of hydrogen-bond acceptors (Lipinski definition) is 6. The van der Waals surface area contributed by atoms with Crippen molar-refractivity contribution in [2.24, 2.45) is 0 Å². The largest absolute Gasteiger partial charge is 0.411 e. The minimum absolute atomic E-state index is 0.143. The number of carbonyl (C=O) groups is 1. The molecule has 0 saturated heterocycles. The number of aryl methyl sites for hydroxylation is 1. The van der Waals surface area contributed by atoms with Crippen LogP contribution in [0, 0.1) is 6.92 Å². The number of pyridine rings is 1. The first-order valence-electron chi connectivity index (χ1n) is 8.37. The van der Waals surface area contributed by atoms with E-state index in [1.807, 2.05) is 67.6 Å². The molecule has 0 aliphatic heterocycles. The molecule has 0 atom stereocenters. The molecular weight excluding hydrogens is 360 g/mol. The van der Waals surface area contributed by atoms with Crippen LogP contribution in [0.1, 0.15) is 5.69 Å². The SMILES string of the molecule is Cc1cc(NC(=O)CSc2nnc(-c3ccccc3)o2)c2ccccc2n1. The Balaban J connectivity index is 1.43. The number of para-hydroxylation sites is 1. The van der Waals surface area contributed by atoms with Gasteiger partial charge in [-0.15, -0.1) is 10.2 Å². The summed E-state index contributed by atoms with van der Waals surface area (Å²) in [6.45, 7) is 1.90. The van der Waals surface area contributed by atoms with Crippen LogP contribution >= 0.6 is 11.8 Å². The number of hydrogen-bond donors (Lipinski definition) is 1. The van der Waals surface area contributed by atoms with E-state index in [1.165, 1.54) is 11.8 Å². The fourth-order valence-corrected chi connectivity index (χ4v) is 3.25. The van der Waals surface area contributed by atoms with Crippen LogP contribution in [0.5, 0.6) is 0 Å². The highest BCUT2D eigenvalue weighted by atomic mass is 32.2. The Kier molecular flexibility index (Phi) is 4.84. The third-order valence-electron chi connectivity index (χ3n) is 3.87. The summed E-state index contributed by atoms with van der Waals surface area (Å²) in [4.78, 5) is 16.9. The predicted molar refractivity (Wildman–Crippen MR) is 106 cm³/mol. The standard InChI is InChI=1S/C20H16N4O2S/c1-13-11-17(15-9-5-6-10-16(15)21-13)22-18(25)12-27-20-24-23-19(26-20)14-7-3-2-4-8-14/h2-11H,12H2,1H3,(H,21,22,25). The second kappa shape index (κ2) is 7.59. The van der Waals surface area contributed by atoms with Gasteiger partial charge in [-0.1, -0.05) is 48.2 Å². The van der Waals surface area contributed by atoms with Gasteiger partial charge in [-0.3, -0.25) is 9.78 Å². The maximum atomic E-state index is 12.4. The summed E-state index contributed by atoms with van der Waals surface area (Å²) < 4.78 is 5.61. The molecule has 134 valence electrons. The molecule has 0 aliphatic rings. The third kappa shape index (κ3) is 3.98. The average molecular weight is 376 g/mol. The number of carbonyl (C=O) groups excluding carboxylic acids is 1. The van der Waals surface area contributed by atoms with Crippen molar-refractivity contribution in [2.75, 3.05) is 11.1 Å². The Labute approximate surface area is 160 Å². The van der Waals surface area contributed by atoms with Crippen LogP contribution in [0.3, 0.4) is 0 Å². The fourth-order valence-electron chi connectivity index (χ4n) is 2.69. The second-order valence-corrected chi connectivity index (χ2v) is 6.83. The van der Waals surface area contributed by atoms with Gasteiger partial charge in [-0.2, -0.15) is 0 Å². The van der Waals surface area contributed by atoms with Crippen LogP contribution in [0.15, 0.2) is 70.3 Å². The van der Waals surface area contributed by atoms with Crippen molar-refractivity contribution in [2.45, 2.75) is 12.1 Å². The number of aromatic nitrogens is 3. The molecule has 4 aromatic rings. The Morgan fingerprint density at radius 3 is 2.70 bits per heavy atom. The number of nitrogens with zero attached hydrogens (tertiary/aromatic N) is 3. The molecule has 0 bridgehead atoms. The van der Waals surface area contributed by atoms with Gasteiger partial charge in [0.1, 0.15) is 0 Å². The zero-order valence-corrected chi connectivity index (χ0v) is 15.4. The van der Waals surface area contributed by atoms with E-state index in [4.69, 9.17) is 4.42 Å². The zero-order valence-electron chi connectivity index (χ0n) is 14.5. The summed E-state index contributed by atoms with van der Waals surface area (Å²) in [6.07, 6.45) is 0. The first-order valence-corrected chi connectivity index (χ1v) is 9.35. The van der Waals surface area contributed by atoms with Gasteiger partial charge >= 0.3 is 0 Å². The van der Waals surface area contributed by atoms with Gasteiger partial charge < -0.3 is 9.73 Å². The van der Waals surface area contributed by atoms with Crippen LogP contribution in [0.2, 0.25) is 0 Å². The van der Waals surface area contributed by atoms with Crippen molar-refractivity contribution in [3.63, 3.8) is 0 Å². The average Bonchev–Trinajstić information content (AvgIpc) is 3.16. The Morgan fingerprint density at radius 2 is 1.85 bits per heavy atom. The lowest BCUT2D eigenvalue weighted by Crippen LogP contribution is -2.14. The molecule has 0 unspecified atom stereocenters. The number of benzene rings is 2. The molecule has 1 N–H and O–H groups in total. The number of thioether (sulfide) groups is 1. The van der Waals surface area contributed by atoms with Crippen molar-refractivity contribution in [3.8, 4) is 11.5 Å². The molecule has 1 amide bonds. The quantitative estimate of drug-likeness (QED) is 0.522. The van der Waals surface area contributed by atoms with Gasteiger partial charge in [0.05, 0.1) is 17.0 Å². The number of nitrogens with one attached hydrogen (secondary N) is 1. The van der Waals surface area contributed by atoms with Gasteiger partial charge in [-0.25, -0.2) is 0 Å². The Morgan fingerprint density at radius 1 is 1.07 bits per heavy atom. The number of amides is 1. The molecule has 2 aromatic carbocycles. The molecule has 6 nitrogen and oxygen atoms in total. The zero-order chi connectivity index (χ0) is 18.6. The lowest BCUT2D eigenvalue weighted by atomic mass is 10.1. The smallest absolute Gasteiger partial charge is 0.277 e. The summed E-state index contributed by atoms with van der Waals surface area (Å²) in [5, 5.41) is 12.2. The van der Waals surface area contributed by atoms with Gasteiger partial charge in [0.15, 0.2) is 0 Å². The Hall–Kier alpha value is -3.19. The molecule has 7 heteroatoms. The van der Waals surface area contributed by atoms with E-state index in [2.05, 4.69) is 20.5 Å². The molecule has 0 aliphatic carbocycles. The number of fused-ring (bicyclic) bond motifs is 1. The highest BCUT2D eigenvalue weighted by Crippen LogP contribution is 2.25. The van der Waals surface area contributed by atoms with E-state index in [9.17, 15) is 4.79 Å². The van der Waals surface area contributed by atoms with Gasteiger partial charge in [-0.05, 0) is 31.2 Å². The summed E-state index contributed by atoms with van der Waals surface area (Å²) in [5.74, 6) is 0.469. The number of rotatable bonds is 5. The normalized spacial score (nSPS) is 10.9. The van der Waals surface area contributed by atoms with E-state index in [-0.39, 0.29) is 11.7 Å². The van der Waals surface area contributed by atoms with Crippen molar-refractivity contribution in [3.05, 3.63) is 66.4 Å². The van der Waals surface area contributed by atoms with Gasteiger partial charge in [0.25, 0.3) is 5.22 Å².